The predicted octanol–water partition coefficient (Wildman–Crippen LogP) is 3.36. The Balaban J connectivity index is 1.27. The van der Waals surface area contributed by atoms with Crippen molar-refractivity contribution >= 4 is 0 Å². The molecule has 1 saturated heterocycles. The molecule has 0 aliphatic carbocycles. The molecule has 0 saturated carbocycles. The zero-order valence-electron chi connectivity index (χ0n) is 14.1. The average Bonchev–Trinajstić information content (AvgIpc) is 3.31. The number of likely N-dealkylation sites (tertiary alicyclic amines) is 1. The minimum atomic E-state index is 0.300. The molecule has 1 aromatic heterocycles. The van der Waals surface area contributed by atoms with E-state index in [9.17, 15) is 0 Å². The summed E-state index contributed by atoms with van der Waals surface area (Å²) in [5, 5.41) is 0. The molecule has 1 fully saturated rings. The maximum Gasteiger partial charge on any atom is 0.231 e. The van der Waals surface area contributed by atoms with Crippen molar-refractivity contribution < 1.29 is 14.2 Å². The monoisotopic (exact) mass is 328 g/mol. The maximum absolute atomic E-state index is 5.87. The van der Waals surface area contributed by atoms with Crippen LogP contribution in [0.25, 0.3) is 0 Å². The van der Waals surface area contributed by atoms with Crippen LogP contribution in [-0.4, -0.2) is 36.0 Å². The summed E-state index contributed by atoms with van der Waals surface area (Å²) in [6.07, 6.45) is 5.68. The molecule has 1 unspecified atom stereocenters. The normalized spacial score (nSPS) is 19.8. The SMILES string of the molecule is Cn1cccc1C1CCCN1CCCOc1ccc2c(c1)OCO2. The molecule has 4 rings (SSSR count). The zero-order chi connectivity index (χ0) is 16.4. The highest BCUT2D eigenvalue weighted by atomic mass is 16.7. The number of hydrogen-bond donors (Lipinski definition) is 0. The van der Waals surface area contributed by atoms with Crippen LogP contribution in [0, 0.1) is 0 Å². The van der Waals surface area contributed by atoms with Gasteiger partial charge in [0.05, 0.1) is 12.6 Å². The molecule has 2 aromatic rings. The first-order chi connectivity index (χ1) is 11.8. The number of benzene rings is 1. The molecule has 1 aromatic carbocycles. The fourth-order valence-electron chi connectivity index (χ4n) is 3.67. The molecule has 0 amide bonds. The Labute approximate surface area is 142 Å². The molecule has 3 heterocycles. The number of aromatic nitrogens is 1. The van der Waals surface area contributed by atoms with Crippen molar-refractivity contribution in [1.29, 1.82) is 0 Å². The summed E-state index contributed by atoms with van der Waals surface area (Å²) in [5.41, 5.74) is 1.42. The lowest BCUT2D eigenvalue weighted by molar-refractivity contribution is 0.173. The molecule has 1 atom stereocenters. The van der Waals surface area contributed by atoms with Crippen molar-refractivity contribution in [3.63, 3.8) is 0 Å². The number of nitrogens with zero attached hydrogens (tertiary/aromatic N) is 2. The van der Waals surface area contributed by atoms with Crippen LogP contribution in [0.15, 0.2) is 36.5 Å². The van der Waals surface area contributed by atoms with E-state index >= 15 is 0 Å². The Bertz CT molecular complexity index is 698. The van der Waals surface area contributed by atoms with Crippen molar-refractivity contribution in [2.45, 2.75) is 25.3 Å². The largest absolute Gasteiger partial charge is 0.493 e. The molecule has 2 aliphatic rings. The number of hydrogen-bond acceptors (Lipinski definition) is 4. The minimum Gasteiger partial charge on any atom is -0.493 e. The predicted molar refractivity (Wildman–Crippen MR) is 91.6 cm³/mol. The van der Waals surface area contributed by atoms with Crippen LogP contribution in [0.3, 0.4) is 0 Å². The maximum atomic E-state index is 5.87. The van der Waals surface area contributed by atoms with Crippen molar-refractivity contribution in [3.8, 4) is 17.2 Å². The Morgan fingerprint density at radius 1 is 1.21 bits per heavy atom. The summed E-state index contributed by atoms with van der Waals surface area (Å²) in [5.74, 6) is 2.42. The highest BCUT2D eigenvalue weighted by molar-refractivity contribution is 5.46. The molecular formula is C19H24N2O3. The van der Waals surface area contributed by atoms with Crippen LogP contribution < -0.4 is 14.2 Å². The van der Waals surface area contributed by atoms with Gasteiger partial charge in [-0.15, -0.1) is 0 Å². The molecule has 5 nitrogen and oxygen atoms in total. The van der Waals surface area contributed by atoms with E-state index in [-0.39, 0.29) is 0 Å². The van der Waals surface area contributed by atoms with Gasteiger partial charge in [0, 0.05) is 31.5 Å². The second-order valence-electron chi connectivity index (χ2n) is 6.46. The quantitative estimate of drug-likeness (QED) is 0.762. The number of aryl methyl sites for hydroxylation is 1. The first-order valence-electron chi connectivity index (χ1n) is 8.69. The first kappa shape index (κ1) is 15.4. The molecule has 24 heavy (non-hydrogen) atoms. The Kier molecular flexibility index (Phi) is 4.34. The van der Waals surface area contributed by atoms with Gasteiger partial charge in [0.15, 0.2) is 11.5 Å². The molecule has 0 spiro atoms. The van der Waals surface area contributed by atoms with Crippen LogP contribution in [0.2, 0.25) is 0 Å². The van der Waals surface area contributed by atoms with Gasteiger partial charge in [0.2, 0.25) is 6.79 Å². The third kappa shape index (κ3) is 3.08. The summed E-state index contributed by atoms with van der Waals surface area (Å²) in [4.78, 5) is 2.58. The minimum absolute atomic E-state index is 0.300. The number of rotatable bonds is 6. The van der Waals surface area contributed by atoms with E-state index in [2.05, 4.69) is 34.8 Å². The van der Waals surface area contributed by atoms with Crippen LogP contribution in [0.1, 0.15) is 31.0 Å². The molecular weight excluding hydrogens is 304 g/mol. The average molecular weight is 328 g/mol. The van der Waals surface area contributed by atoms with Gasteiger partial charge in [-0.25, -0.2) is 0 Å². The Hall–Kier alpha value is -2.14. The Morgan fingerprint density at radius 2 is 2.12 bits per heavy atom. The van der Waals surface area contributed by atoms with E-state index < -0.39 is 0 Å². The van der Waals surface area contributed by atoms with Crippen LogP contribution in [-0.2, 0) is 7.05 Å². The number of ether oxygens (including phenoxy) is 3. The van der Waals surface area contributed by atoms with Gasteiger partial charge in [-0.3, -0.25) is 4.90 Å². The second kappa shape index (κ2) is 6.77. The molecule has 0 bridgehead atoms. The molecule has 5 heteroatoms. The second-order valence-corrected chi connectivity index (χ2v) is 6.46. The van der Waals surface area contributed by atoms with Gasteiger partial charge in [-0.2, -0.15) is 0 Å². The summed E-state index contributed by atoms with van der Waals surface area (Å²) >= 11 is 0. The van der Waals surface area contributed by atoms with Crippen LogP contribution >= 0.6 is 0 Å². The van der Waals surface area contributed by atoms with E-state index in [4.69, 9.17) is 14.2 Å². The standard InChI is InChI=1S/C19H24N2O3/c1-20-9-2-5-16(20)17-6-3-10-21(17)11-4-12-22-15-7-8-18-19(13-15)24-14-23-18/h2,5,7-9,13,17H,3-4,6,10-12,14H2,1H3. The van der Waals surface area contributed by atoms with E-state index in [1.54, 1.807) is 0 Å². The van der Waals surface area contributed by atoms with Crippen molar-refractivity contribution in [2.24, 2.45) is 7.05 Å². The number of fused-ring (bicyclic) bond motifs is 1. The summed E-state index contributed by atoms with van der Waals surface area (Å²) < 4.78 is 18.8. The lowest BCUT2D eigenvalue weighted by Crippen LogP contribution is -2.26. The van der Waals surface area contributed by atoms with E-state index in [1.807, 2.05) is 18.2 Å². The topological polar surface area (TPSA) is 35.9 Å². The van der Waals surface area contributed by atoms with Crippen molar-refractivity contribution in [3.05, 3.63) is 42.2 Å². The smallest absolute Gasteiger partial charge is 0.231 e. The first-order valence-corrected chi connectivity index (χ1v) is 8.69. The van der Waals surface area contributed by atoms with Gasteiger partial charge >= 0.3 is 0 Å². The molecule has 128 valence electrons. The third-order valence-corrected chi connectivity index (χ3v) is 4.89. The van der Waals surface area contributed by atoms with Crippen LogP contribution in [0.4, 0.5) is 0 Å². The lowest BCUT2D eigenvalue weighted by atomic mass is 10.1. The molecule has 2 aliphatic heterocycles. The van der Waals surface area contributed by atoms with Gasteiger partial charge in [0.1, 0.15) is 5.75 Å². The van der Waals surface area contributed by atoms with Gasteiger partial charge in [0.25, 0.3) is 0 Å². The summed E-state index contributed by atoms with van der Waals surface area (Å²) in [7, 11) is 2.13. The molecule has 0 radical (unpaired) electrons. The van der Waals surface area contributed by atoms with E-state index in [0.717, 1.165) is 36.8 Å². The molecule has 0 N–H and O–H groups in total. The third-order valence-electron chi connectivity index (χ3n) is 4.89. The van der Waals surface area contributed by atoms with Crippen LogP contribution in [0.5, 0.6) is 17.2 Å². The lowest BCUT2D eigenvalue weighted by Gasteiger charge is -2.25. The van der Waals surface area contributed by atoms with Gasteiger partial charge in [-0.05, 0) is 50.1 Å². The highest BCUT2D eigenvalue weighted by Gasteiger charge is 2.26. The fourth-order valence-corrected chi connectivity index (χ4v) is 3.67. The van der Waals surface area contributed by atoms with Gasteiger partial charge in [-0.1, -0.05) is 0 Å². The fraction of sp³-hybridized carbons (Fsp3) is 0.474. The summed E-state index contributed by atoms with van der Waals surface area (Å²) in [6, 6.07) is 10.7. The Morgan fingerprint density at radius 3 is 3.00 bits per heavy atom. The van der Waals surface area contributed by atoms with Crippen molar-refractivity contribution in [1.82, 2.24) is 9.47 Å². The highest BCUT2D eigenvalue weighted by Crippen LogP contribution is 2.35. The van der Waals surface area contributed by atoms with E-state index in [0.29, 0.717) is 12.8 Å². The summed E-state index contributed by atoms with van der Waals surface area (Å²) in [6.45, 7) is 3.27. The van der Waals surface area contributed by atoms with Gasteiger partial charge < -0.3 is 18.8 Å². The zero-order valence-corrected chi connectivity index (χ0v) is 14.1. The van der Waals surface area contributed by atoms with Crippen molar-refractivity contribution in [2.75, 3.05) is 26.5 Å². The van der Waals surface area contributed by atoms with E-state index in [1.165, 1.54) is 25.1 Å².